The van der Waals surface area contributed by atoms with E-state index in [1.54, 1.807) is 19.1 Å². The monoisotopic (exact) mass is 409 g/mol. The van der Waals surface area contributed by atoms with Crippen molar-refractivity contribution in [3.05, 3.63) is 59.8 Å². The fourth-order valence-electron chi connectivity index (χ4n) is 3.95. The molecule has 1 fully saturated rings. The van der Waals surface area contributed by atoms with Gasteiger partial charge in [0.2, 0.25) is 0 Å². The molecular formula is C22H23N3O3S. The molecule has 2 N–H and O–H groups in total. The molecule has 0 bridgehead atoms. The highest BCUT2D eigenvalue weighted by Crippen LogP contribution is 2.41. The standard InChI is InChI=1S/C22H23N3O3S/c1-13-21(26)25(22(29)24-13)12-17(15-8-6-10-19(27-2)20(15)28-3)16-11-23-18-9-5-4-7-14(16)18/h4-11,13,17,23H,12H2,1-3H3,(H,24,29)/t13-,17-/m0/s1. The first kappa shape index (κ1) is 19.3. The number of amides is 1. The SMILES string of the molecule is COc1cccc([C@H](CN2C(=O)[C@H](C)NC2=S)c2c[nH]c3ccccc23)c1OC. The molecule has 3 aromatic rings. The largest absolute Gasteiger partial charge is 0.493 e. The van der Waals surface area contributed by atoms with Crippen molar-refractivity contribution in [2.75, 3.05) is 20.8 Å². The molecule has 2 heterocycles. The van der Waals surface area contributed by atoms with Crippen LogP contribution in [0.15, 0.2) is 48.7 Å². The number of ether oxygens (including phenoxy) is 2. The Hall–Kier alpha value is -3.06. The zero-order chi connectivity index (χ0) is 20.5. The van der Waals surface area contributed by atoms with Gasteiger partial charge in [0, 0.05) is 35.1 Å². The van der Waals surface area contributed by atoms with Gasteiger partial charge < -0.3 is 19.8 Å². The van der Waals surface area contributed by atoms with Crippen molar-refractivity contribution < 1.29 is 14.3 Å². The fourth-order valence-corrected chi connectivity index (χ4v) is 4.29. The van der Waals surface area contributed by atoms with E-state index < -0.39 is 0 Å². The Labute approximate surface area is 174 Å². The van der Waals surface area contributed by atoms with E-state index in [4.69, 9.17) is 21.7 Å². The van der Waals surface area contributed by atoms with Crippen molar-refractivity contribution in [3.8, 4) is 11.5 Å². The number of para-hydroxylation sites is 2. The van der Waals surface area contributed by atoms with Crippen LogP contribution in [0, 0.1) is 0 Å². The number of aromatic nitrogens is 1. The van der Waals surface area contributed by atoms with E-state index in [9.17, 15) is 4.79 Å². The second-order valence-electron chi connectivity index (χ2n) is 7.04. The molecule has 2 atom stereocenters. The number of thiocarbonyl (C=S) groups is 1. The zero-order valence-corrected chi connectivity index (χ0v) is 17.4. The lowest BCUT2D eigenvalue weighted by molar-refractivity contribution is -0.126. The maximum absolute atomic E-state index is 12.7. The van der Waals surface area contributed by atoms with Crippen molar-refractivity contribution in [1.29, 1.82) is 0 Å². The second kappa shape index (κ2) is 7.75. The average Bonchev–Trinajstić information content (AvgIpc) is 3.26. The highest BCUT2D eigenvalue weighted by atomic mass is 32.1. The number of methoxy groups -OCH3 is 2. The Morgan fingerprint density at radius 3 is 2.59 bits per heavy atom. The highest BCUT2D eigenvalue weighted by Gasteiger charge is 2.36. The maximum atomic E-state index is 12.7. The normalized spacial score (nSPS) is 17.5. The predicted octanol–water partition coefficient (Wildman–Crippen LogP) is 3.42. The first-order valence-electron chi connectivity index (χ1n) is 9.44. The van der Waals surface area contributed by atoms with Crippen LogP contribution in [0.2, 0.25) is 0 Å². The van der Waals surface area contributed by atoms with Crippen LogP contribution in [0.3, 0.4) is 0 Å². The average molecular weight is 410 g/mol. The minimum absolute atomic E-state index is 0.0262. The molecule has 0 saturated carbocycles. The second-order valence-corrected chi connectivity index (χ2v) is 7.43. The van der Waals surface area contributed by atoms with E-state index in [-0.39, 0.29) is 17.9 Å². The van der Waals surface area contributed by atoms with E-state index in [0.29, 0.717) is 23.2 Å². The number of nitrogens with zero attached hydrogens (tertiary/aromatic N) is 1. The van der Waals surface area contributed by atoms with Gasteiger partial charge >= 0.3 is 0 Å². The summed E-state index contributed by atoms with van der Waals surface area (Å²) in [6.45, 7) is 2.22. The molecule has 7 heteroatoms. The summed E-state index contributed by atoms with van der Waals surface area (Å²) in [6, 6.07) is 13.6. The molecule has 150 valence electrons. The maximum Gasteiger partial charge on any atom is 0.251 e. The Morgan fingerprint density at radius 1 is 1.10 bits per heavy atom. The van der Waals surface area contributed by atoms with Crippen molar-refractivity contribution in [3.63, 3.8) is 0 Å². The number of carbonyl (C=O) groups is 1. The highest BCUT2D eigenvalue weighted by molar-refractivity contribution is 7.80. The first-order chi connectivity index (χ1) is 14.0. The van der Waals surface area contributed by atoms with Gasteiger partial charge in [-0.1, -0.05) is 30.3 Å². The van der Waals surface area contributed by atoms with Gasteiger partial charge in [-0.2, -0.15) is 0 Å². The smallest absolute Gasteiger partial charge is 0.251 e. The summed E-state index contributed by atoms with van der Waals surface area (Å²) in [5.41, 5.74) is 3.05. The molecule has 1 aliphatic rings. The van der Waals surface area contributed by atoms with Crippen LogP contribution >= 0.6 is 12.2 Å². The lowest BCUT2D eigenvalue weighted by atomic mass is 9.89. The minimum atomic E-state index is -0.321. The van der Waals surface area contributed by atoms with E-state index in [1.165, 1.54) is 0 Å². The fraction of sp³-hybridized carbons (Fsp3) is 0.273. The third-order valence-electron chi connectivity index (χ3n) is 5.39. The third-order valence-corrected chi connectivity index (χ3v) is 5.73. The summed E-state index contributed by atoms with van der Waals surface area (Å²) in [5, 5.41) is 4.60. The summed E-state index contributed by atoms with van der Waals surface area (Å²) in [6.07, 6.45) is 1.99. The van der Waals surface area contributed by atoms with E-state index in [0.717, 1.165) is 22.0 Å². The third kappa shape index (κ3) is 3.31. The molecule has 1 amide bonds. The quantitative estimate of drug-likeness (QED) is 0.611. The topological polar surface area (TPSA) is 66.6 Å². The lowest BCUT2D eigenvalue weighted by Crippen LogP contribution is -2.35. The molecule has 1 saturated heterocycles. The molecule has 1 aliphatic heterocycles. The Bertz CT molecular complexity index is 1080. The van der Waals surface area contributed by atoms with Crippen LogP contribution in [0.25, 0.3) is 10.9 Å². The molecule has 1 aromatic heterocycles. The Balaban J connectivity index is 1.87. The molecule has 0 aliphatic carbocycles. The van der Waals surface area contributed by atoms with Crippen molar-refractivity contribution >= 4 is 34.1 Å². The number of benzene rings is 2. The van der Waals surface area contributed by atoms with Gasteiger partial charge in [0.25, 0.3) is 5.91 Å². The molecule has 0 radical (unpaired) electrons. The van der Waals surface area contributed by atoms with Crippen molar-refractivity contribution in [1.82, 2.24) is 15.2 Å². The van der Waals surface area contributed by atoms with Crippen LogP contribution in [0.4, 0.5) is 0 Å². The van der Waals surface area contributed by atoms with Gasteiger partial charge in [-0.15, -0.1) is 0 Å². The van der Waals surface area contributed by atoms with Crippen molar-refractivity contribution in [2.24, 2.45) is 0 Å². The number of carbonyl (C=O) groups excluding carboxylic acids is 1. The molecular weight excluding hydrogens is 386 g/mol. The van der Waals surface area contributed by atoms with Gasteiger partial charge in [-0.25, -0.2) is 0 Å². The number of fused-ring (bicyclic) bond motifs is 1. The number of aromatic amines is 1. The predicted molar refractivity (Wildman–Crippen MR) is 117 cm³/mol. The number of hydrogen-bond acceptors (Lipinski definition) is 4. The molecule has 4 rings (SSSR count). The van der Waals surface area contributed by atoms with Crippen LogP contribution in [-0.2, 0) is 4.79 Å². The molecule has 0 spiro atoms. The molecule has 6 nitrogen and oxygen atoms in total. The first-order valence-corrected chi connectivity index (χ1v) is 9.84. The minimum Gasteiger partial charge on any atom is -0.493 e. The van der Waals surface area contributed by atoms with Crippen LogP contribution in [0.5, 0.6) is 11.5 Å². The number of hydrogen-bond donors (Lipinski definition) is 2. The summed E-state index contributed by atoms with van der Waals surface area (Å²) in [4.78, 5) is 17.7. The number of H-pyrrole nitrogens is 1. The molecule has 2 aromatic carbocycles. The van der Waals surface area contributed by atoms with Gasteiger partial charge in [0.05, 0.1) is 14.2 Å². The van der Waals surface area contributed by atoms with E-state index in [1.807, 2.05) is 49.5 Å². The van der Waals surface area contributed by atoms with Gasteiger partial charge in [-0.05, 0) is 36.8 Å². The van der Waals surface area contributed by atoms with Gasteiger partial charge in [0.15, 0.2) is 16.6 Å². The van der Waals surface area contributed by atoms with Crippen LogP contribution in [-0.4, -0.2) is 47.7 Å². The molecule has 0 unspecified atom stereocenters. The number of rotatable bonds is 6. The Kier molecular flexibility index (Phi) is 5.15. The van der Waals surface area contributed by atoms with Gasteiger partial charge in [0.1, 0.15) is 6.04 Å². The van der Waals surface area contributed by atoms with Crippen LogP contribution in [0.1, 0.15) is 24.0 Å². The number of nitrogens with one attached hydrogen (secondary N) is 2. The zero-order valence-electron chi connectivity index (χ0n) is 16.6. The van der Waals surface area contributed by atoms with Gasteiger partial charge in [-0.3, -0.25) is 9.69 Å². The summed E-state index contributed by atoms with van der Waals surface area (Å²) in [5.74, 6) is 1.12. The van der Waals surface area contributed by atoms with Crippen molar-refractivity contribution in [2.45, 2.75) is 18.9 Å². The summed E-state index contributed by atoms with van der Waals surface area (Å²) >= 11 is 5.43. The Morgan fingerprint density at radius 2 is 1.90 bits per heavy atom. The molecule has 29 heavy (non-hydrogen) atoms. The van der Waals surface area contributed by atoms with E-state index >= 15 is 0 Å². The van der Waals surface area contributed by atoms with E-state index in [2.05, 4.69) is 16.4 Å². The summed E-state index contributed by atoms with van der Waals surface area (Å²) < 4.78 is 11.2. The summed E-state index contributed by atoms with van der Waals surface area (Å²) in [7, 11) is 3.25. The van der Waals surface area contributed by atoms with Crippen LogP contribution < -0.4 is 14.8 Å². The lowest BCUT2D eigenvalue weighted by Gasteiger charge is -2.25.